The SMILES string of the molecule is O=C(NCC1(N2CCOCC2)CCSC1)c1occc1CSc1ccccc1. The summed E-state index contributed by atoms with van der Waals surface area (Å²) in [6.07, 6.45) is 2.71. The summed E-state index contributed by atoms with van der Waals surface area (Å²) in [6.45, 7) is 4.09. The second kappa shape index (κ2) is 9.39. The molecule has 1 atom stereocenters. The van der Waals surface area contributed by atoms with Gasteiger partial charge in [0.05, 0.1) is 19.5 Å². The summed E-state index contributed by atoms with van der Waals surface area (Å²) in [4.78, 5) is 16.5. The van der Waals surface area contributed by atoms with Gasteiger partial charge in [-0.1, -0.05) is 18.2 Å². The highest BCUT2D eigenvalue weighted by atomic mass is 32.2. The second-order valence-electron chi connectivity index (χ2n) is 7.19. The highest BCUT2D eigenvalue weighted by Crippen LogP contribution is 2.34. The Hall–Kier alpha value is -1.41. The summed E-state index contributed by atoms with van der Waals surface area (Å²) >= 11 is 3.68. The molecule has 0 radical (unpaired) electrons. The van der Waals surface area contributed by atoms with Crippen molar-refractivity contribution in [2.75, 3.05) is 44.4 Å². The van der Waals surface area contributed by atoms with E-state index < -0.39 is 0 Å². The van der Waals surface area contributed by atoms with Crippen LogP contribution in [0.3, 0.4) is 0 Å². The lowest BCUT2D eigenvalue weighted by Gasteiger charge is -2.43. The van der Waals surface area contributed by atoms with Crippen LogP contribution in [-0.2, 0) is 10.5 Å². The van der Waals surface area contributed by atoms with Crippen LogP contribution in [-0.4, -0.2) is 60.7 Å². The van der Waals surface area contributed by atoms with Gasteiger partial charge in [0, 0.05) is 47.1 Å². The van der Waals surface area contributed by atoms with Crippen LogP contribution in [0.2, 0.25) is 0 Å². The molecule has 3 heterocycles. The van der Waals surface area contributed by atoms with Crippen molar-refractivity contribution in [2.24, 2.45) is 0 Å². The predicted molar refractivity (Wildman–Crippen MR) is 114 cm³/mol. The number of nitrogens with zero attached hydrogens (tertiary/aromatic N) is 1. The van der Waals surface area contributed by atoms with Crippen molar-refractivity contribution in [1.29, 1.82) is 0 Å². The van der Waals surface area contributed by atoms with Gasteiger partial charge in [0.25, 0.3) is 5.91 Å². The molecule has 1 amide bonds. The third-order valence-electron chi connectivity index (χ3n) is 5.43. The molecule has 0 bridgehead atoms. The zero-order valence-electron chi connectivity index (χ0n) is 15.9. The van der Waals surface area contributed by atoms with Gasteiger partial charge in [0.1, 0.15) is 0 Å². The molecule has 0 aliphatic carbocycles. The number of ether oxygens (including phenoxy) is 1. The Morgan fingerprint density at radius 1 is 1.21 bits per heavy atom. The van der Waals surface area contributed by atoms with Gasteiger partial charge in [0.2, 0.25) is 0 Å². The first-order valence-electron chi connectivity index (χ1n) is 9.70. The standard InChI is InChI=1S/C21H26N2O3S2/c24-20(19-17(6-10-26-19)14-28-18-4-2-1-3-5-18)22-15-21(7-13-27-16-21)23-8-11-25-12-9-23/h1-6,10H,7-9,11-16H2,(H,22,24). The predicted octanol–water partition coefficient (Wildman–Crippen LogP) is 3.51. The highest BCUT2D eigenvalue weighted by molar-refractivity contribution is 7.99. The topological polar surface area (TPSA) is 54.7 Å². The average Bonchev–Trinajstić information content (AvgIpc) is 3.42. The number of carbonyl (C=O) groups is 1. The molecule has 2 fully saturated rings. The minimum absolute atomic E-state index is 0.0374. The first-order chi connectivity index (χ1) is 13.8. The molecule has 1 N–H and O–H groups in total. The molecular weight excluding hydrogens is 392 g/mol. The van der Waals surface area contributed by atoms with Crippen molar-refractivity contribution in [3.63, 3.8) is 0 Å². The summed E-state index contributed by atoms with van der Waals surface area (Å²) < 4.78 is 11.1. The Kier molecular flexibility index (Phi) is 6.67. The van der Waals surface area contributed by atoms with Crippen molar-refractivity contribution in [3.05, 3.63) is 54.0 Å². The lowest BCUT2D eigenvalue weighted by molar-refractivity contribution is -0.0129. The van der Waals surface area contributed by atoms with E-state index in [-0.39, 0.29) is 11.4 Å². The number of morpholine rings is 1. The van der Waals surface area contributed by atoms with Crippen LogP contribution in [0.5, 0.6) is 0 Å². The van der Waals surface area contributed by atoms with Gasteiger partial charge >= 0.3 is 0 Å². The van der Waals surface area contributed by atoms with Crippen LogP contribution >= 0.6 is 23.5 Å². The third kappa shape index (κ3) is 4.59. The summed E-state index contributed by atoms with van der Waals surface area (Å²) in [5, 5.41) is 3.17. The van der Waals surface area contributed by atoms with Gasteiger partial charge in [0.15, 0.2) is 5.76 Å². The van der Waals surface area contributed by atoms with Crippen LogP contribution < -0.4 is 5.32 Å². The molecule has 2 aromatic rings. The molecule has 1 aromatic heterocycles. The van der Waals surface area contributed by atoms with Gasteiger partial charge in [-0.05, 0) is 30.4 Å². The van der Waals surface area contributed by atoms with Crippen molar-refractivity contribution >= 4 is 29.4 Å². The Bertz CT molecular complexity index is 769. The summed E-state index contributed by atoms with van der Waals surface area (Å²) in [5.74, 6) is 3.24. The maximum absolute atomic E-state index is 12.9. The number of nitrogens with one attached hydrogen (secondary N) is 1. The van der Waals surface area contributed by atoms with E-state index in [4.69, 9.17) is 9.15 Å². The monoisotopic (exact) mass is 418 g/mol. The van der Waals surface area contributed by atoms with E-state index in [2.05, 4.69) is 22.3 Å². The minimum atomic E-state index is -0.113. The molecule has 5 nitrogen and oxygen atoms in total. The molecule has 2 saturated heterocycles. The summed E-state index contributed by atoms with van der Waals surface area (Å²) in [6, 6.07) is 12.1. The Balaban J connectivity index is 1.37. The van der Waals surface area contributed by atoms with Gasteiger partial charge < -0.3 is 14.5 Å². The minimum Gasteiger partial charge on any atom is -0.459 e. The van der Waals surface area contributed by atoms with E-state index >= 15 is 0 Å². The van der Waals surface area contributed by atoms with E-state index in [1.807, 2.05) is 36.0 Å². The smallest absolute Gasteiger partial charge is 0.287 e. The molecule has 7 heteroatoms. The summed E-state index contributed by atoms with van der Waals surface area (Å²) in [7, 11) is 0. The molecular formula is C21H26N2O3S2. The van der Waals surface area contributed by atoms with Gasteiger partial charge in [-0.2, -0.15) is 11.8 Å². The van der Waals surface area contributed by atoms with E-state index in [9.17, 15) is 4.79 Å². The number of carbonyl (C=O) groups excluding carboxylic acids is 1. The zero-order valence-corrected chi connectivity index (χ0v) is 17.5. The first kappa shape index (κ1) is 19.9. The number of rotatable bonds is 7. The second-order valence-corrected chi connectivity index (χ2v) is 9.34. The van der Waals surface area contributed by atoms with Crippen molar-refractivity contribution in [3.8, 4) is 0 Å². The molecule has 4 rings (SSSR count). The maximum Gasteiger partial charge on any atom is 0.287 e. The fourth-order valence-corrected chi connectivity index (χ4v) is 6.16. The zero-order chi connectivity index (χ0) is 19.2. The molecule has 1 aromatic carbocycles. The van der Waals surface area contributed by atoms with Gasteiger partial charge in [-0.3, -0.25) is 9.69 Å². The molecule has 0 spiro atoms. The highest BCUT2D eigenvalue weighted by Gasteiger charge is 2.41. The third-order valence-corrected chi connectivity index (χ3v) is 7.73. The number of thioether (sulfide) groups is 2. The molecule has 0 saturated carbocycles. The lowest BCUT2D eigenvalue weighted by Crippen LogP contribution is -2.59. The molecule has 2 aliphatic rings. The van der Waals surface area contributed by atoms with Crippen molar-refractivity contribution < 1.29 is 13.9 Å². The summed E-state index contributed by atoms with van der Waals surface area (Å²) in [5.41, 5.74) is 0.975. The number of amides is 1. The fraction of sp³-hybridized carbons (Fsp3) is 0.476. The van der Waals surface area contributed by atoms with E-state index in [1.165, 1.54) is 4.90 Å². The van der Waals surface area contributed by atoms with E-state index in [0.717, 1.165) is 49.8 Å². The van der Waals surface area contributed by atoms with Crippen LogP contribution in [0.4, 0.5) is 0 Å². The number of hydrogen-bond acceptors (Lipinski definition) is 6. The average molecular weight is 419 g/mol. The molecule has 150 valence electrons. The quantitative estimate of drug-likeness (QED) is 0.695. The van der Waals surface area contributed by atoms with Crippen LogP contribution in [0.25, 0.3) is 0 Å². The van der Waals surface area contributed by atoms with Crippen LogP contribution in [0.1, 0.15) is 22.5 Å². The van der Waals surface area contributed by atoms with Crippen molar-refractivity contribution in [1.82, 2.24) is 10.2 Å². The van der Waals surface area contributed by atoms with Crippen molar-refractivity contribution in [2.45, 2.75) is 22.6 Å². The number of furan rings is 1. The van der Waals surface area contributed by atoms with Gasteiger partial charge in [-0.25, -0.2) is 0 Å². The first-order valence-corrected chi connectivity index (χ1v) is 11.8. The maximum atomic E-state index is 12.9. The van der Waals surface area contributed by atoms with Crippen LogP contribution in [0, 0.1) is 0 Å². The Morgan fingerprint density at radius 2 is 2.04 bits per heavy atom. The lowest BCUT2D eigenvalue weighted by atomic mass is 9.95. The van der Waals surface area contributed by atoms with E-state index in [1.54, 1.807) is 18.0 Å². The van der Waals surface area contributed by atoms with Crippen LogP contribution in [0.15, 0.2) is 52.0 Å². The largest absolute Gasteiger partial charge is 0.459 e. The number of hydrogen-bond donors (Lipinski definition) is 1. The Labute approximate surface area is 174 Å². The normalized spacial score (nSPS) is 23.0. The molecule has 2 aliphatic heterocycles. The molecule has 1 unspecified atom stereocenters. The molecule has 28 heavy (non-hydrogen) atoms. The number of benzene rings is 1. The van der Waals surface area contributed by atoms with Gasteiger partial charge in [-0.15, -0.1) is 11.8 Å². The Morgan fingerprint density at radius 3 is 2.79 bits per heavy atom. The fourth-order valence-electron chi connectivity index (χ4n) is 3.79. The van der Waals surface area contributed by atoms with E-state index in [0.29, 0.717) is 18.1 Å².